The van der Waals surface area contributed by atoms with E-state index in [1.807, 2.05) is 35.7 Å². The van der Waals surface area contributed by atoms with Crippen molar-refractivity contribution in [2.24, 2.45) is 0 Å². The van der Waals surface area contributed by atoms with E-state index in [4.69, 9.17) is 18.9 Å². The number of carbonyl (C=O) groups is 2. The van der Waals surface area contributed by atoms with Crippen LogP contribution in [0.2, 0.25) is 0 Å². The van der Waals surface area contributed by atoms with Crippen molar-refractivity contribution in [3.8, 4) is 17.2 Å². The van der Waals surface area contributed by atoms with E-state index in [9.17, 15) is 9.59 Å². The molecule has 0 bridgehead atoms. The third-order valence-electron chi connectivity index (χ3n) is 5.61. The number of hydrogen-bond donors (Lipinski definition) is 0. The van der Waals surface area contributed by atoms with Crippen LogP contribution >= 0.6 is 11.3 Å². The van der Waals surface area contributed by atoms with Crippen LogP contribution in [0.3, 0.4) is 0 Å². The molecule has 0 N–H and O–H groups in total. The van der Waals surface area contributed by atoms with Crippen LogP contribution in [0.1, 0.15) is 20.8 Å². The molecule has 1 aliphatic rings. The predicted octanol–water partition coefficient (Wildman–Crippen LogP) is 3.80. The zero-order valence-electron chi connectivity index (χ0n) is 19.8. The standard InChI is InChI=1S/C26H28N2O6S/c1-31-12-11-27(26(30)20-6-8-21(32-2)9-7-20)17-25(29)28(16-22-4-3-13-35-22)15-19-5-10-23-24(14-19)34-18-33-23/h3-10,13-14H,11-12,15-18H2,1-2H3. The maximum atomic E-state index is 13.5. The minimum absolute atomic E-state index is 0.0653. The summed E-state index contributed by atoms with van der Waals surface area (Å²) in [7, 11) is 3.14. The highest BCUT2D eigenvalue weighted by atomic mass is 32.1. The number of fused-ring (bicyclic) bond motifs is 1. The number of rotatable bonds is 11. The van der Waals surface area contributed by atoms with Gasteiger partial charge in [0.05, 0.1) is 20.3 Å². The molecule has 3 aromatic rings. The molecule has 0 radical (unpaired) electrons. The van der Waals surface area contributed by atoms with Crippen molar-refractivity contribution >= 4 is 23.2 Å². The van der Waals surface area contributed by atoms with Crippen molar-refractivity contribution in [1.29, 1.82) is 0 Å². The fourth-order valence-corrected chi connectivity index (χ4v) is 4.44. The Balaban J connectivity index is 1.52. The molecule has 2 amide bonds. The Morgan fingerprint density at radius 1 is 0.971 bits per heavy atom. The summed E-state index contributed by atoms with van der Waals surface area (Å²) in [4.78, 5) is 31.1. The number of thiophene rings is 1. The number of benzene rings is 2. The first-order valence-corrected chi connectivity index (χ1v) is 12.1. The van der Waals surface area contributed by atoms with Crippen LogP contribution in [-0.2, 0) is 22.6 Å². The lowest BCUT2D eigenvalue weighted by Gasteiger charge is -2.28. The topological polar surface area (TPSA) is 77.5 Å². The molecule has 9 heteroatoms. The van der Waals surface area contributed by atoms with Gasteiger partial charge in [-0.3, -0.25) is 9.59 Å². The molecule has 0 fully saturated rings. The summed E-state index contributed by atoms with van der Waals surface area (Å²) in [6.45, 7) is 1.57. The number of methoxy groups -OCH3 is 2. The molecular weight excluding hydrogens is 468 g/mol. The number of hydrogen-bond acceptors (Lipinski definition) is 7. The van der Waals surface area contributed by atoms with E-state index >= 15 is 0 Å². The number of carbonyl (C=O) groups excluding carboxylic acids is 2. The van der Waals surface area contributed by atoms with E-state index in [0.29, 0.717) is 49.1 Å². The third kappa shape index (κ3) is 6.32. The molecule has 1 aliphatic heterocycles. The molecular formula is C26H28N2O6S. The fraction of sp³-hybridized carbons (Fsp3) is 0.308. The lowest BCUT2D eigenvalue weighted by atomic mass is 10.1. The highest BCUT2D eigenvalue weighted by Crippen LogP contribution is 2.33. The Morgan fingerprint density at radius 2 is 1.77 bits per heavy atom. The second-order valence-electron chi connectivity index (χ2n) is 7.96. The number of nitrogens with zero attached hydrogens (tertiary/aromatic N) is 2. The van der Waals surface area contributed by atoms with E-state index in [1.165, 1.54) is 4.90 Å². The van der Waals surface area contributed by atoms with Crippen molar-refractivity contribution in [3.63, 3.8) is 0 Å². The minimum atomic E-state index is -0.239. The van der Waals surface area contributed by atoms with Gasteiger partial charge in [0, 0.05) is 30.6 Å². The van der Waals surface area contributed by atoms with Crippen LogP contribution in [-0.4, -0.2) is 62.3 Å². The maximum Gasteiger partial charge on any atom is 0.254 e. The van der Waals surface area contributed by atoms with Gasteiger partial charge in [0.25, 0.3) is 5.91 Å². The van der Waals surface area contributed by atoms with E-state index in [0.717, 1.165) is 10.4 Å². The Kier molecular flexibility index (Phi) is 8.23. The largest absolute Gasteiger partial charge is 0.497 e. The molecule has 184 valence electrons. The third-order valence-corrected chi connectivity index (χ3v) is 6.47. The van der Waals surface area contributed by atoms with Gasteiger partial charge >= 0.3 is 0 Å². The summed E-state index contributed by atoms with van der Waals surface area (Å²) in [5, 5.41) is 1.98. The summed E-state index contributed by atoms with van der Waals surface area (Å²) in [5.41, 5.74) is 1.40. The van der Waals surface area contributed by atoms with Crippen LogP contribution in [0.4, 0.5) is 0 Å². The van der Waals surface area contributed by atoms with Crippen LogP contribution in [0.5, 0.6) is 17.2 Å². The lowest BCUT2D eigenvalue weighted by Crippen LogP contribution is -2.43. The molecule has 35 heavy (non-hydrogen) atoms. The first kappa shape index (κ1) is 24.6. The smallest absolute Gasteiger partial charge is 0.254 e. The maximum absolute atomic E-state index is 13.5. The van der Waals surface area contributed by atoms with Crippen molar-refractivity contribution in [1.82, 2.24) is 9.80 Å². The van der Waals surface area contributed by atoms with Gasteiger partial charge in [-0.15, -0.1) is 11.3 Å². The molecule has 0 saturated carbocycles. The van der Waals surface area contributed by atoms with E-state index in [2.05, 4.69) is 0 Å². The van der Waals surface area contributed by atoms with Crippen molar-refractivity contribution in [2.45, 2.75) is 13.1 Å². The molecule has 0 aliphatic carbocycles. The van der Waals surface area contributed by atoms with Gasteiger partial charge in [-0.1, -0.05) is 12.1 Å². The van der Waals surface area contributed by atoms with E-state index in [1.54, 1.807) is 54.7 Å². The van der Waals surface area contributed by atoms with Crippen molar-refractivity contribution in [2.75, 3.05) is 40.7 Å². The zero-order chi connectivity index (χ0) is 24.6. The minimum Gasteiger partial charge on any atom is -0.497 e. The molecule has 4 rings (SSSR count). The first-order chi connectivity index (χ1) is 17.1. The fourth-order valence-electron chi connectivity index (χ4n) is 3.72. The molecule has 1 aromatic heterocycles. The van der Waals surface area contributed by atoms with Crippen molar-refractivity contribution < 1.29 is 28.5 Å². The van der Waals surface area contributed by atoms with Gasteiger partial charge < -0.3 is 28.7 Å². The molecule has 0 atom stereocenters. The van der Waals surface area contributed by atoms with Crippen LogP contribution in [0, 0.1) is 0 Å². The summed E-state index contributed by atoms with van der Waals surface area (Å²) in [6, 6.07) is 16.5. The first-order valence-electron chi connectivity index (χ1n) is 11.2. The van der Waals surface area contributed by atoms with Gasteiger partial charge in [-0.2, -0.15) is 0 Å². The predicted molar refractivity (Wildman–Crippen MR) is 132 cm³/mol. The van der Waals surface area contributed by atoms with Crippen LogP contribution in [0.25, 0.3) is 0 Å². The Labute approximate surface area is 208 Å². The van der Waals surface area contributed by atoms with E-state index < -0.39 is 0 Å². The second kappa shape index (κ2) is 11.7. The Bertz CT molecular complexity index is 1130. The normalized spacial score (nSPS) is 11.8. The molecule has 2 heterocycles. The quantitative estimate of drug-likeness (QED) is 0.402. The molecule has 8 nitrogen and oxygen atoms in total. The number of amides is 2. The molecule has 0 saturated heterocycles. The van der Waals surface area contributed by atoms with Gasteiger partial charge in [0.1, 0.15) is 12.3 Å². The van der Waals surface area contributed by atoms with Crippen molar-refractivity contribution in [3.05, 3.63) is 76.0 Å². The summed E-state index contributed by atoms with van der Waals surface area (Å²) < 4.78 is 21.3. The Morgan fingerprint density at radius 3 is 2.49 bits per heavy atom. The number of ether oxygens (including phenoxy) is 4. The highest BCUT2D eigenvalue weighted by Gasteiger charge is 2.24. The Hall–Kier alpha value is -3.56. The van der Waals surface area contributed by atoms with Gasteiger partial charge in [0.2, 0.25) is 12.7 Å². The lowest BCUT2D eigenvalue weighted by molar-refractivity contribution is -0.133. The monoisotopic (exact) mass is 496 g/mol. The van der Waals surface area contributed by atoms with Crippen LogP contribution < -0.4 is 14.2 Å². The highest BCUT2D eigenvalue weighted by molar-refractivity contribution is 7.09. The van der Waals surface area contributed by atoms with Gasteiger partial charge in [0.15, 0.2) is 11.5 Å². The van der Waals surface area contributed by atoms with Crippen LogP contribution in [0.15, 0.2) is 60.0 Å². The SMILES string of the molecule is COCCN(CC(=O)N(Cc1ccc2c(c1)OCO2)Cc1cccs1)C(=O)c1ccc(OC)cc1. The summed E-state index contributed by atoms with van der Waals surface area (Å²) in [6.07, 6.45) is 0. The second-order valence-corrected chi connectivity index (χ2v) is 9.00. The van der Waals surface area contributed by atoms with Gasteiger partial charge in [-0.05, 0) is 53.4 Å². The molecule has 0 spiro atoms. The average Bonchev–Trinajstić information content (AvgIpc) is 3.57. The summed E-state index contributed by atoms with van der Waals surface area (Å²) in [5.74, 6) is 1.63. The average molecular weight is 497 g/mol. The van der Waals surface area contributed by atoms with Gasteiger partial charge in [-0.25, -0.2) is 0 Å². The summed E-state index contributed by atoms with van der Waals surface area (Å²) >= 11 is 1.59. The molecule has 2 aromatic carbocycles. The molecule has 0 unspecified atom stereocenters. The van der Waals surface area contributed by atoms with E-state index in [-0.39, 0.29) is 25.2 Å². The zero-order valence-corrected chi connectivity index (χ0v) is 20.6.